The molecule has 1 atom stereocenters. The minimum absolute atomic E-state index is 0.0520. The molecular formula is C21H28N2O4S2. The summed E-state index contributed by atoms with van der Waals surface area (Å²) >= 11 is 2.86. The van der Waals surface area contributed by atoms with E-state index >= 15 is 0 Å². The minimum Gasteiger partial charge on any atom is -0.468 e. The van der Waals surface area contributed by atoms with Crippen LogP contribution in [0.1, 0.15) is 62.4 Å². The topological polar surface area (TPSA) is 70.4 Å². The lowest BCUT2D eigenvalue weighted by Crippen LogP contribution is -2.31. The van der Waals surface area contributed by atoms with Crippen LogP contribution < -0.4 is 5.56 Å². The van der Waals surface area contributed by atoms with E-state index in [1.807, 2.05) is 4.57 Å². The molecular weight excluding hydrogens is 408 g/mol. The lowest BCUT2D eigenvalue weighted by molar-refractivity contribution is -0.137. The highest BCUT2D eigenvalue weighted by atomic mass is 32.2. The number of rotatable bonds is 5. The molecule has 0 amide bonds. The molecule has 1 fully saturated rings. The van der Waals surface area contributed by atoms with Gasteiger partial charge in [-0.2, -0.15) is 0 Å². The summed E-state index contributed by atoms with van der Waals surface area (Å²) in [6, 6.07) is 0.157. The van der Waals surface area contributed by atoms with E-state index in [4.69, 9.17) is 14.5 Å². The van der Waals surface area contributed by atoms with Crippen LogP contribution in [0.25, 0.3) is 10.2 Å². The van der Waals surface area contributed by atoms with Gasteiger partial charge in [-0.15, -0.1) is 11.3 Å². The molecule has 1 aliphatic carbocycles. The Balaban J connectivity index is 1.82. The molecule has 0 radical (unpaired) electrons. The van der Waals surface area contributed by atoms with Gasteiger partial charge >= 0.3 is 5.97 Å². The third kappa shape index (κ3) is 4.11. The lowest BCUT2D eigenvalue weighted by Gasteiger charge is -2.27. The number of nitrogens with zero attached hydrogens (tertiary/aromatic N) is 2. The molecule has 1 saturated carbocycles. The van der Waals surface area contributed by atoms with Crippen molar-refractivity contribution in [2.24, 2.45) is 5.92 Å². The third-order valence-corrected chi connectivity index (χ3v) is 8.00. The number of ether oxygens (including phenoxy) is 2. The van der Waals surface area contributed by atoms with Gasteiger partial charge in [0.15, 0.2) is 5.16 Å². The molecule has 0 spiro atoms. The predicted octanol–water partition coefficient (Wildman–Crippen LogP) is 4.33. The van der Waals surface area contributed by atoms with Crippen molar-refractivity contribution in [3.8, 4) is 0 Å². The van der Waals surface area contributed by atoms with Crippen LogP contribution in [-0.2, 0) is 27.3 Å². The number of carbonyl (C=O) groups is 1. The number of hydrogen-bond donors (Lipinski definition) is 0. The number of fused-ring (bicyclic) bond motifs is 3. The summed E-state index contributed by atoms with van der Waals surface area (Å²) in [5.74, 6) is 0.254. The molecule has 4 rings (SSSR count). The third-order valence-electron chi connectivity index (χ3n) is 5.97. The largest absolute Gasteiger partial charge is 0.468 e. The zero-order chi connectivity index (χ0) is 20.5. The summed E-state index contributed by atoms with van der Waals surface area (Å²) in [7, 11) is 1.38. The first-order valence-corrected chi connectivity index (χ1v) is 12.2. The molecule has 6 nitrogen and oxygen atoms in total. The number of aromatic nitrogens is 2. The predicted molar refractivity (Wildman–Crippen MR) is 116 cm³/mol. The van der Waals surface area contributed by atoms with Crippen molar-refractivity contribution in [2.45, 2.75) is 76.3 Å². The highest BCUT2D eigenvalue weighted by Crippen LogP contribution is 2.37. The Hall–Kier alpha value is -1.38. The summed E-state index contributed by atoms with van der Waals surface area (Å²) in [6.45, 7) is 4.86. The highest BCUT2D eigenvalue weighted by molar-refractivity contribution is 7.99. The monoisotopic (exact) mass is 436 g/mol. The molecule has 1 aliphatic heterocycles. The summed E-state index contributed by atoms with van der Waals surface area (Å²) in [4.78, 5) is 32.2. The van der Waals surface area contributed by atoms with Crippen LogP contribution in [0.3, 0.4) is 0 Å². The van der Waals surface area contributed by atoms with Crippen LogP contribution in [0.4, 0.5) is 0 Å². The fourth-order valence-electron chi connectivity index (χ4n) is 4.29. The van der Waals surface area contributed by atoms with Gasteiger partial charge in [-0.25, -0.2) is 4.98 Å². The Bertz CT molecular complexity index is 960. The van der Waals surface area contributed by atoms with Crippen LogP contribution in [-0.4, -0.2) is 34.5 Å². The summed E-state index contributed by atoms with van der Waals surface area (Å²) in [6.07, 6.45) is 6.35. The molecule has 0 N–H and O–H groups in total. The van der Waals surface area contributed by atoms with Gasteiger partial charge in [-0.05, 0) is 24.3 Å². The molecule has 2 aliphatic rings. The molecule has 8 heteroatoms. The van der Waals surface area contributed by atoms with Crippen LogP contribution in [0.15, 0.2) is 9.95 Å². The second-order valence-electron chi connectivity index (χ2n) is 8.21. The second kappa shape index (κ2) is 8.78. The van der Waals surface area contributed by atoms with Crippen molar-refractivity contribution in [1.82, 2.24) is 9.55 Å². The average Bonchev–Trinajstić information content (AvgIpc) is 3.10. The molecule has 2 aromatic rings. The molecule has 0 saturated heterocycles. The summed E-state index contributed by atoms with van der Waals surface area (Å²) in [5.41, 5.74) is 1.18. The molecule has 0 bridgehead atoms. The fourth-order valence-corrected chi connectivity index (χ4v) is 6.36. The van der Waals surface area contributed by atoms with E-state index in [1.165, 1.54) is 25.3 Å². The van der Waals surface area contributed by atoms with Crippen LogP contribution in [0.2, 0.25) is 0 Å². The van der Waals surface area contributed by atoms with Gasteiger partial charge in [-0.1, -0.05) is 44.9 Å². The van der Waals surface area contributed by atoms with E-state index in [0.29, 0.717) is 17.7 Å². The first-order valence-electron chi connectivity index (χ1n) is 10.4. The maximum atomic E-state index is 13.7. The molecule has 158 valence electrons. The fraction of sp³-hybridized carbons (Fsp3) is 0.667. The van der Waals surface area contributed by atoms with E-state index < -0.39 is 0 Å². The summed E-state index contributed by atoms with van der Waals surface area (Å²) in [5, 5.41) is 1.41. The number of thiophene rings is 1. The van der Waals surface area contributed by atoms with E-state index in [9.17, 15) is 9.59 Å². The molecule has 0 aromatic carbocycles. The SMILES string of the molecule is COC(=O)CSc1nc2sc3c(c2c(=O)n1C1CCCCC1)C[C@@H](C(C)C)OC3. The number of carbonyl (C=O) groups excluding carboxylic acids is 1. The maximum Gasteiger partial charge on any atom is 0.316 e. The standard InChI is InChI=1S/C21H28N2O4S2/c1-12(2)15-9-14-16(10-27-15)29-19-18(14)20(25)23(13-7-5-4-6-8-13)21(22-19)28-11-17(24)26-3/h12-13,15H,4-11H2,1-3H3/t15-/m0/s1. The number of hydrogen-bond acceptors (Lipinski definition) is 7. The Labute approximate surface area is 179 Å². The molecule has 3 heterocycles. The molecule has 0 unspecified atom stereocenters. The van der Waals surface area contributed by atoms with Crippen molar-refractivity contribution >= 4 is 39.3 Å². The van der Waals surface area contributed by atoms with Crippen LogP contribution >= 0.6 is 23.1 Å². The highest BCUT2D eigenvalue weighted by Gasteiger charge is 2.30. The summed E-state index contributed by atoms with van der Waals surface area (Å²) < 4.78 is 12.7. The minimum atomic E-state index is -0.307. The molecule has 29 heavy (non-hydrogen) atoms. The maximum absolute atomic E-state index is 13.7. The first-order chi connectivity index (χ1) is 14.0. The van der Waals surface area contributed by atoms with Crippen molar-refractivity contribution in [2.75, 3.05) is 12.9 Å². The zero-order valence-corrected chi connectivity index (χ0v) is 18.9. The van der Waals surface area contributed by atoms with Crippen molar-refractivity contribution in [1.29, 1.82) is 0 Å². The smallest absolute Gasteiger partial charge is 0.316 e. The van der Waals surface area contributed by atoms with Crippen LogP contribution in [0.5, 0.6) is 0 Å². The van der Waals surface area contributed by atoms with E-state index in [1.54, 1.807) is 11.3 Å². The normalized spacial score (nSPS) is 20.2. The van der Waals surface area contributed by atoms with Gasteiger partial charge < -0.3 is 9.47 Å². The Kier molecular flexibility index (Phi) is 6.32. The van der Waals surface area contributed by atoms with Gasteiger partial charge in [-0.3, -0.25) is 14.2 Å². The van der Waals surface area contributed by atoms with Gasteiger partial charge in [0.05, 0.1) is 31.0 Å². The van der Waals surface area contributed by atoms with Crippen molar-refractivity contribution in [3.63, 3.8) is 0 Å². The van der Waals surface area contributed by atoms with E-state index in [2.05, 4.69) is 13.8 Å². The quantitative estimate of drug-likeness (QED) is 0.395. The lowest BCUT2D eigenvalue weighted by atomic mass is 9.94. The number of thioether (sulfide) groups is 1. The Morgan fingerprint density at radius 2 is 2.10 bits per heavy atom. The van der Waals surface area contributed by atoms with Gasteiger partial charge in [0.25, 0.3) is 5.56 Å². The van der Waals surface area contributed by atoms with Crippen LogP contribution in [0, 0.1) is 5.92 Å². The van der Waals surface area contributed by atoms with Crippen molar-refractivity contribution in [3.05, 3.63) is 20.8 Å². The Morgan fingerprint density at radius 3 is 2.79 bits per heavy atom. The first kappa shape index (κ1) is 20.9. The molecule has 2 aromatic heterocycles. The van der Waals surface area contributed by atoms with Crippen molar-refractivity contribution < 1.29 is 14.3 Å². The van der Waals surface area contributed by atoms with Gasteiger partial charge in [0.2, 0.25) is 0 Å². The van der Waals surface area contributed by atoms with E-state index in [-0.39, 0.29) is 29.4 Å². The second-order valence-corrected chi connectivity index (χ2v) is 10.2. The zero-order valence-electron chi connectivity index (χ0n) is 17.2. The van der Waals surface area contributed by atoms with Gasteiger partial charge in [0, 0.05) is 17.3 Å². The Morgan fingerprint density at radius 1 is 1.34 bits per heavy atom. The average molecular weight is 437 g/mol. The number of methoxy groups -OCH3 is 1. The number of esters is 1. The van der Waals surface area contributed by atoms with Gasteiger partial charge in [0.1, 0.15) is 4.83 Å². The van der Waals surface area contributed by atoms with E-state index in [0.717, 1.165) is 52.8 Å².